The van der Waals surface area contributed by atoms with Gasteiger partial charge in [-0.15, -0.1) is 10.2 Å². The highest BCUT2D eigenvalue weighted by molar-refractivity contribution is 6.00. The van der Waals surface area contributed by atoms with Crippen LogP contribution in [0.5, 0.6) is 0 Å². The number of hydrogen-bond acceptors (Lipinski definition) is 6. The first-order valence-corrected chi connectivity index (χ1v) is 11.5. The van der Waals surface area contributed by atoms with Crippen molar-refractivity contribution in [1.29, 1.82) is 0 Å². The number of benzene rings is 1. The van der Waals surface area contributed by atoms with Crippen LogP contribution in [0.4, 0.5) is 5.69 Å². The van der Waals surface area contributed by atoms with E-state index in [2.05, 4.69) is 20.7 Å². The zero-order valence-electron chi connectivity index (χ0n) is 19.3. The second-order valence-electron chi connectivity index (χ2n) is 8.57. The fourth-order valence-electron chi connectivity index (χ4n) is 4.29. The summed E-state index contributed by atoms with van der Waals surface area (Å²) in [6.07, 6.45) is 4.70. The van der Waals surface area contributed by atoms with Crippen LogP contribution in [0, 0.1) is 13.8 Å². The first-order chi connectivity index (χ1) is 15.9. The Labute approximate surface area is 193 Å². The average Bonchev–Trinajstić information content (AvgIpc) is 3.54. The third kappa shape index (κ3) is 5.30. The zero-order chi connectivity index (χ0) is 23.4. The Morgan fingerprint density at radius 1 is 1.21 bits per heavy atom. The molecule has 1 N–H and O–H groups in total. The van der Waals surface area contributed by atoms with Crippen molar-refractivity contribution in [2.45, 2.75) is 71.5 Å². The van der Waals surface area contributed by atoms with E-state index in [4.69, 9.17) is 4.42 Å². The molecular formula is C24H30N6O3. The zero-order valence-corrected chi connectivity index (χ0v) is 19.3. The molecule has 1 fully saturated rings. The number of amides is 2. The predicted molar refractivity (Wildman–Crippen MR) is 123 cm³/mol. The normalized spacial score (nSPS) is 14.9. The first-order valence-electron chi connectivity index (χ1n) is 11.5. The Hall–Kier alpha value is -3.49. The Morgan fingerprint density at radius 2 is 2.00 bits per heavy atom. The van der Waals surface area contributed by atoms with Gasteiger partial charge in [-0.1, -0.05) is 31.9 Å². The molecule has 1 aliphatic rings. The summed E-state index contributed by atoms with van der Waals surface area (Å²) < 4.78 is 5.54. The van der Waals surface area contributed by atoms with Crippen molar-refractivity contribution in [3.8, 4) is 11.6 Å². The molecule has 1 saturated carbocycles. The SMILES string of the molecule is CC[C@@H](C(=O)NC1CCCC1)N(C(=O)Cn1nnc(-c2ccc(C)o2)n1)c1cccc(C)c1. The molecule has 0 unspecified atom stereocenters. The number of carbonyl (C=O) groups is 2. The third-order valence-electron chi connectivity index (χ3n) is 5.94. The van der Waals surface area contributed by atoms with Crippen LogP contribution in [0.3, 0.4) is 0 Å². The average molecular weight is 451 g/mol. The number of tetrazole rings is 1. The summed E-state index contributed by atoms with van der Waals surface area (Å²) in [6.45, 7) is 5.56. The molecule has 2 heterocycles. The molecule has 9 heteroatoms. The molecule has 9 nitrogen and oxygen atoms in total. The van der Waals surface area contributed by atoms with E-state index < -0.39 is 6.04 Å². The lowest BCUT2D eigenvalue weighted by Crippen LogP contribution is -2.52. The van der Waals surface area contributed by atoms with Gasteiger partial charge in [0, 0.05) is 11.7 Å². The molecule has 2 amide bonds. The van der Waals surface area contributed by atoms with Crippen LogP contribution in [-0.4, -0.2) is 44.1 Å². The monoisotopic (exact) mass is 450 g/mol. The van der Waals surface area contributed by atoms with E-state index in [9.17, 15) is 9.59 Å². The van der Waals surface area contributed by atoms with Crippen LogP contribution in [-0.2, 0) is 16.1 Å². The van der Waals surface area contributed by atoms with Crippen LogP contribution in [0.1, 0.15) is 50.4 Å². The number of aryl methyl sites for hydroxylation is 2. The molecule has 174 valence electrons. The largest absolute Gasteiger partial charge is 0.458 e. The summed E-state index contributed by atoms with van der Waals surface area (Å²) in [5.74, 6) is 1.13. The summed E-state index contributed by atoms with van der Waals surface area (Å²) in [4.78, 5) is 29.5. The summed E-state index contributed by atoms with van der Waals surface area (Å²) in [5.41, 5.74) is 1.68. The van der Waals surface area contributed by atoms with Crippen LogP contribution in [0.25, 0.3) is 11.6 Å². The van der Waals surface area contributed by atoms with Gasteiger partial charge in [-0.2, -0.15) is 4.80 Å². The standard InChI is InChI=1S/C24H30N6O3/c1-4-20(24(32)25-18-9-5-6-10-18)30(19-11-7-8-16(2)14-19)22(31)15-29-27-23(26-28-29)21-13-12-17(3)33-21/h7-8,11-14,18,20H,4-6,9-10,15H2,1-3H3,(H,25,32)/t20-/m0/s1. The fourth-order valence-corrected chi connectivity index (χ4v) is 4.29. The van der Waals surface area contributed by atoms with Crippen LogP contribution >= 0.6 is 0 Å². The number of hydrogen-bond donors (Lipinski definition) is 1. The van der Waals surface area contributed by atoms with Gasteiger partial charge in [0.2, 0.25) is 11.7 Å². The van der Waals surface area contributed by atoms with Gasteiger partial charge >= 0.3 is 0 Å². The topological polar surface area (TPSA) is 106 Å². The van der Waals surface area contributed by atoms with Gasteiger partial charge in [-0.3, -0.25) is 14.5 Å². The van der Waals surface area contributed by atoms with Gasteiger partial charge in [0.1, 0.15) is 18.3 Å². The summed E-state index contributed by atoms with van der Waals surface area (Å²) in [6, 6.07) is 10.7. The maximum atomic E-state index is 13.5. The number of nitrogens with one attached hydrogen (secondary N) is 1. The quantitative estimate of drug-likeness (QED) is 0.564. The summed E-state index contributed by atoms with van der Waals surface area (Å²) >= 11 is 0. The number of furan rings is 1. The molecule has 0 bridgehead atoms. The highest BCUT2D eigenvalue weighted by Crippen LogP contribution is 2.23. The van der Waals surface area contributed by atoms with Gasteiger partial charge < -0.3 is 9.73 Å². The Morgan fingerprint density at radius 3 is 2.67 bits per heavy atom. The minimum absolute atomic E-state index is 0.127. The fraction of sp³-hybridized carbons (Fsp3) is 0.458. The van der Waals surface area contributed by atoms with E-state index in [0.717, 1.165) is 37.0 Å². The molecule has 4 rings (SSSR count). The van der Waals surface area contributed by atoms with Gasteiger partial charge in [0.05, 0.1) is 0 Å². The third-order valence-corrected chi connectivity index (χ3v) is 5.94. The first kappa shape index (κ1) is 22.7. The van der Waals surface area contributed by atoms with Crippen LogP contribution in [0.15, 0.2) is 40.8 Å². The second kappa shape index (κ2) is 9.97. The Bertz CT molecular complexity index is 1110. The molecule has 1 aliphatic carbocycles. The van der Waals surface area contributed by atoms with Gasteiger partial charge in [0.25, 0.3) is 5.91 Å². The highest BCUT2D eigenvalue weighted by atomic mass is 16.3. The van der Waals surface area contributed by atoms with Crippen LogP contribution < -0.4 is 10.2 Å². The van der Waals surface area contributed by atoms with E-state index >= 15 is 0 Å². The predicted octanol–water partition coefficient (Wildman–Crippen LogP) is 3.42. The maximum absolute atomic E-state index is 13.5. The smallest absolute Gasteiger partial charge is 0.251 e. The molecule has 0 radical (unpaired) electrons. The van der Waals surface area contributed by atoms with Gasteiger partial charge in [0.15, 0.2) is 5.76 Å². The van der Waals surface area contributed by atoms with Crippen LogP contribution in [0.2, 0.25) is 0 Å². The minimum atomic E-state index is -0.629. The molecule has 2 aromatic heterocycles. The number of carbonyl (C=O) groups excluding carboxylic acids is 2. The van der Waals surface area contributed by atoms with E-state index in [1.165, 1.54) is 4.80 Å². The Kier molecular flexibility index (Phi) is 6.86. The molecule has 0 saturated heterocycles. The molecule has 1 aromatic carbocycles. The van der Waals surface area contributed by atoms with Crippen molar-refractivity contribution in [2.24, 2.45) is 0 Å². The molecule has 1 atom stereocenters. The van der Waals surface area contributed by atoms with Crippen molar-refractivity contribution in [3.63, 3.8) is 0 Å². The van der Waals surface area contributed by atoms with Crippen molar-refractivity contribution in [2.75, 3.05) is 4.90 Å². The minimum Gasteiger partial charge on any atom is -0.458 e. The van der Waals surface area contributed by atoms with Gasteiger partial charge in [-0.25, -0.2) is 0 Å². The lowest BCUT2D eigenvalue weighted by molar-refractivity contribution is -0.127. The van der Waals surface area contributed by atoms with E-state index in [-0.39, 0.29) is 24.4 Å². The number of anilines is 1. The number of nitrogens with zero attached hydrogens (tertiary/aromatic N) is 5. The van der Waals surface area contributed by atoms with Crippen molar-refractivity contribution in [1.82, 2.24) is 25.5 Å². The summed E-state index contributed by atoms with van der Waals surface area (Å²) in [7, 11) is 0. The van der Waals surface area contributed by atoms with E-state index in [1.807, 2.05) is 51.1 Å². The van der Waals surface area contributed by atoms with E-state index in [1.54, 1.807) is 11.0 Å². The summed E-state index contributed by atoms with van der Waals surface area (Å²) in [5, 5.41) is 15.5. The number of rotatable bonds is 8. The highest BCUT2D eigenvalue weighted by Gasteiger charge is 2.32. The molecule has 0 aliphatic heterocycles. The van der Waals surface area contributed by atoms with Crippen molar-refractivity contribution < 1.29 is 14.0 Å². The number of aromatic nitrogens is 4. The maximum Gasteiger partial charge on any atom is 0.251 e. The molecule has 0 spiro atoms. The second-order valence-corrected chi connectivity index (χ2v) is 8.57. The molecular weight excluding hydrogens is 420 g/mol. The lowest BCUT2D eigenvalue weighted by atomic mass is 10.1. The lowest BCUT2D eigenvalue weighted by Gasteiger charge is -2.31. The van der Waals surface area contributed by atoms with Crippen molar-refractivity contribution in [3.05, 3.63) is 47.7 Å². The van der Waals surface area contributed by atoms with Gasteiger partial charge in [-0.05, 0) is 68.2 Å². The molecule has 33 heavy (non-hydrogen) atoms. The molecule has 3 aromatic rings. The van der Waals surface area contributed by atoms with Crippen molar-refractivity contribution >= 4 is 17.5 Å². The Balaban J connectivity index is 1.58. The van der Waals surface area contributed by atoms with E-state index in [0.29, 0.717) is 23.7 Å².